The van der Waals surface area contributed by atoms with Gasteiger partial charge in [-0.15, -0.1) is 0 Å². The zero-order valence-corrected chi connectivity index (χ0v) is 12.8. The number of halogens is 1. The normalized spacial score (nSPS) is 17.5. The Morgan fingerprint density at radius 3 is 2.58 bits per heavy atom. The highest BCUT2D eigenvalue weighted by Gasteiger charge is 2.17. The molecule has 19 heavy (non-hydrogen) atoms. The van der Waals surface area contributed by atoms with Crippen LogP contribution in [0.5, 0.6) is 0 Å². The summed E-state index contributed by atoms with van der Waals surface area (Å²) < 4.78 is 0. The Morgan fingerprint density at radius 1 is 1.21 bits per heavy atom. The smallest absolute Gasteiger partial charge is 0.0446 e. The Morgan fingerprint density at radius 2 is 1.95 bits per heavy atom. The Hall–Kier alpha value is -0.790. The predicted octanol–water partition coefficient (Wildman–Crippen LogP) is 4.96. The largest absolute Gasteiger partial charge is 0.306 e. The molecule has 1 nitrogen and oxygen atoms in total. The molecule has 2 heteroatoms. The molecule has 0 aromatic heterocycles. The molecule has 2 rings (SSSR count). The maximum atomic E-state index is 6.46. The molecule has 0 atom stereocenters. The van der Waals surface area contributed by atoms with Crippen molar-refractivity contribution in [2.24, 2.45) is 0 Å². The summed E-state index contributed by atoms with van der Waals surface area (Å²) in [6.07, 6.45) is 11.0. The molecule has 1 aromatic rings. The van der Waals surface area contributed by atoms with Crippen LogP contribution in [0.2, 0.25) is 5.02 Å². The van der Waals surface area contributed by atoms with Crippen molar-refractivity contribution in [2.75, 3.05) is 20.6 Å². The maximum Gasteiger partial charge on any atom is 0.0446 e. The average molecular weight is 278 g/mol. The molecule has 0 saturated heterocycles. The Balaban J connectivity index is 2.06. The van der Waals surface area contributed by atoms with E-state index in [0.29, 0.717) is 5.92 Å². The first-order valence-electron chi connectivity index (χ1n) is 7.27. The van der Waals surface area contributed by atoms with Crippen LogP contribution in [0, 0.1) is 0 Å². The van der Waals surface area contributed by atoms with Crippen LogP contribution in [-0.2, 0) is 0 Å². The highest BCUT2D eigenvalue weighted by molar-refractivity contribution is 6.31. The Labute approximate surface area is 122 Å². The second-order valence-electron chi connectivity index (χ2n) is 5.78. The average Bonchev–Trinajstić information content (AvgIpc) is 2.39. The van der Waals surface area contributed by atoms with Crippen molar-refractivity contribution < 1.29 is 0 Å². The monoisotopic (exact) mass is 277 g/mol. The van der Waals surface area contributed by atoms with E-state index in [0.717, 1.165) is 11.6 Å². The molecule has 0 amide bonds. The van der Waals surface area contributed by atoms with Crippen molar-refractivity contribution in [3.63, 3.8) is 0 Å². The fourth-order valence-electron chi connectivity index (χ4n) is 2.79. The molecule has 1 aliphatic carbocycles. The predicted molar refractivity (Wildman–Crippen MR) is 84.9 cm³/mol. The SMILES string of the molecule is CN(C)C/C=C/c1ccc(C2CCCCC2)c(Cl)c1. The number of rotatable bonds is 4. The molecule has 1 saturated carbocycles. The molecule has 1 aromatic carbocycles. The van der Waals surface area contributed by atoms with Gasteiger partial charge in [0.15, 0.2) is 0 Å². The van der Waals surface area contributed by atoms with Gasteiger partial charge in [0.1, 0.15) is 0 Å². The van der Waals surface area contributed by atoms with Crippen LogP contribution < -0.4 is 0 Å². The molecule has 1 aliphatic rings. The van der Waals surface area contributed by atoms with Crippen molar-refractivity contribution in [3.05, 3.63) is 40.4 Å². The molecule has 0 radical (unpaired) electrons. The highest BCUT2D eigenvalue weighted by Crippen LogP contribution is 2.36. The minimum absolute atomic E-state index is 0.682. The highest BCUT2D eigenvalue weighted by atomic mass is 35.5. The van der Waals surface area contributed by atoms with E-state index in [9.17, 15) is 0 Å². The minimum atomic E-state index is 0.682. The zero-order chi connectivity index (χ0) is 13.7. The van der Waals surface area contributed by atoms with Gasteiger partial charge in [-0.25, -0.2) is 0 Å². The van der Waals surface area contributed by atoms with Gasteiger partial charge in [0.05, 0.1) is 0 Å². The zero-order valence-electron chi connectivity index (χ0n) is 12.0. The number of hydrogen-bond donors (Lipinski definition) is 0. The molecule has 104 valence electrons. The molecule has 0 bridgehead atoms. The summed E-state index contributed by atoms with van der Waals surface area (Å²) in [7, 11) is 4.15. The lowest BCUT2D eigenvalue weighted by Gasteiger charge is -2.23. The first kappa shape index (κ1) is 14.6. The summed E-state index contributed by atoms with van der Waals surface area (Å²) >= 11 is 6.46. The molecule has 0 aliphatic heterocycles. The van der Waals surface area contributed by atoms with E-state index in [4.69, 9.17) is 11.6 Å². The Kier molecular flexibility index (Phi) is 5.47. The van der Waals surface area contributed by atoms with E-state index in [1.54, 1.807) is 0 Å². The summed E-state index contributed by atoms with van der Waals surface area (Å²) in [6.45, 7) is 0.960. The summed E-state index contributed by atoms with van der Waals surface area (Å²) in [5.41, 5.74) is 2.55. The summed E-state index contributed by atoms with van der Waals surface area (Å²) in [6, 6.07) is 6.54. The second kappa shape index (κ2) is 7.12. The fourth-order valence-corrected chi connectivity index (χ4v) is 3.13. The summed E-state index contributed by atoms with van der Waals surface area (Å²) in [5, 5.41) is 0.943. The lowest BCUT2D eigenvalue weighted by molar-refractivity contribution is 0.444. The van der Waals surface area contributed by atoms with Gasteiger partial charge in [0.25, 0.3) is 0 Å². The van der Waals surface area contributed by atoms with Crippen molar-refractivity contribution in [1.29, 1.82) is 0 Å². The second-order valence-corrected chi connectivity index (χ2v) is 6.19. The van der Waals surface area contributed by atoms with Gasteiger partial charge in [-0.2, -0.15) is 0 Å². The fraction of sp³-hybridized carbons (Fsp3) is 0.529. The third-order valence-electron chi connectivity index (χ3n) is 3.85. The van der Waals surface area contributed by atoms with E-state index in [-0.39, 0.29) is 0 Å². The van der Waals surface area contributed by atoms with Gasteiger partial charge in [-0.05, 0) is 50.0 Å². The van der Waals surface area contributed by atoms with Crippen LogP contribution in [0.3, 0.4) is 0 Å². The van der Waals surface area contributed by atoms with Crippen LogP contribution in [0.4, 0.5) is 0 Å². The number of likely N-dealkylation sites (N-methyl/N-ethyl adjacent to an activating group) is 1. The molecule has 0 heterocycles. The molecular formula is C17H24ClN. The summed E-state index contributed by atoms with van der Waals surface area (Å²) in [5.74, 6) is 0.682. The molecule has 0 spiro atoms. The Bertz CT molecular complexity index is 431. The van der Waals surface area contributed by atoms with Crippen LogP contribution in [0.1, 0.15) is 49.1 Å². The van der Waals surface area contributed by atoms with E-state index in [1.807, 2.05) is 0 Å². The maximum absolute atomic E-state index is 6.46. The van der Waals surface area contributed by atoms with Gasteiger partial charge < -0.3 is 4.90 Å². The summed E-state index contributed by atoms with van der Waals surface area (Å²) in [4.78, 5) is 2.15. The van der Waals surface area contributed by atoms with Crippen molar-refractivity contribution in [2.45, 2.75) is 38.0 Å². The standard InChI is InChI=1S/C17H24ClN/c1-19(2)12-6-7-14-10-11-16(17(18)13-14)15-8-4-3-5-9-15/h6-7,10-11,13,15H,3-5,8-9,12H2,1-2H3/b7-6+. The third-order valence-corrected chi connectivity index (χ3v) is 4.18. The molecule has 1 fully saturated rings. The van der Waals surface area contributed by atoms with Gasteiger partial charge in [0, 0.05) is 11.6 Å². The van der Waals surface area contributed by atoms with Gasteiger partial charge in [0.2, 0.25) is 0 Å². The van der Waals surface area contributed by atoms with Crippen LogP contribution in [-0.4, -0.2) is 25.5 Å². The number of nitrogens with zero attached hydrogens (tertiary/aromatic N) is 1. The first-order chi connectivity index (χ1) is 9.16. The van der Waals surface area contributed by atoms with Gasteiger partial charge in [-0.1, -0.05) is 55.1 Å². The van der Waals surface area contributed by atoms with Crippen molar-refractivity contribution in [3.8, 4) is 0 Å². The lowest BCUT2D eigenvalue weighted by Crippen LogP contribution is -2.10. The minimum Gasteiger partial charge on any atom is -0.306 e. The number of benzene rings is 1. The van der Waals surface area contributed by atoms with Crippen LogP contribution in [0.15, 0.2) is 24.3 Å². The van der Waals surface area contributed by atoms with Crippen LogP contribution >= 0.6 is 11.6 Å². The van der Waals surface area contributed by atoms with E-state index in [1.165, 1.54) is 43.2 Å². The topological polar surface area (TPSA) is 3.24 Å². The number of hydrogen-bond acceptors (Lipinski definition) is 1. The van der Waals surface area contributed by atoms with Crippen molar-refractivity contribution >= 4 is 17.7 Å². The van der Waals surface area contributed by atoms with Gasteiger partial charge >= 0.3 is 0 Å². The quantitative estimate of drug-likeness (QED) is 0.752. The third kappa shape index (κ3) is 4.36. The van der Waals surface area contributed by atoms with Crippen LogP contribution in [0.25, 0.3) is 6.08 Å². The lowest BCUT2D eigenvalue weighted by atomic mass is 9.84. The first-order valence-corrected chi connectivity index (χ1v) is 7.65. The van der Waals surface area contributed by atoms with E-state index < -0.39 is 0 Å². The van der Waals surface area contributed by atoms with Gasteiger partial charge in [-0.3, -0.25) is 0 Å². The van der Waals surface area contributed by atoms with E-state index in [2.05, 4.69) is 49.3 Å². The van der Waals surface area contributed by atoms with E-state index >= 15 is 0 Å². The van der Waals surface area contributed by atoms with Crippen molar-refractivity contribution in [1.82, 2.24) is 4.90 Å². The molecule has 0 unspecified atom stereocenters. The molecule has 0 N–H and O–H groups in total. The molecular weight excluding hydrogens is 254 g/mol.